The second kappa shape index (κ2) is 6.83. The molecular weight excluding hydrogens is 235 g/mol. The van der Waals surface area contributed by atoms with Gasteiger partial charge in [0.25, 0.3) is 0 Å². The van der Waals surface area contributed by atoms with Crippen molar-refractivity contribution < 1.29 is 14.3 Å². The van der Waals surface area contributed by atoms with Crippen molar-refractivity contribution in [3.63, 3.8) is 0 Å². The summed E-state index contributed by atoms with van der Waals surface area (Å²) >= 11 is 0. The quantitative estimate of drug-likeness (QED) is 0.270. The molecule has 0 aliphatic heterocycles. The van der Waals surface area contributed by atoms with Crippen molar-refractivity contribution in [3.8, 4) is 5.75 Å². The normalized spacial score (nSPS) is 11.9. The van der Waals surface area contributed by atoms with E-state index in [4.69, 9.17) is 15.7 Å². The Morgan fingerprint density at radius 2 is 2.22 bits per heavy atom. The molecule has 0 aromatic heterocycles. The first kappa shape index (κ1) is 14.3. The van der Waals surface area contributed by atoms with Crippen LogP contribution in [0.15, 0.2) is 23.4 Å². The van der Waals surface area contributed by atoms with Gasteiger partial charge in [0.2, 0.25) is 0 Å². The summed E-state index contributed by atoms with van der Waals surface area (Å²) < 4.78 is 19.1. The van der Waals surface area contributed by atoms with Gasteiger partial charge < -0.3 is 15.7 Å². The van der Waals surface area contributed by atoms with E-state index >= 15 is 0 Å². The summed E-state index contributed by atoms with van der Waals surface area (Å²) in [6.07, 6.45) is 1.91. The molecule has 0 radical (unpaired) electrons. The zero-order chi connectivity index (χ0) is 13.5. The van der Waals surface area contributed by atoms with Gasteiger partial charge in [0.05, 0.1) is 12.2 Å². The molecule has 0 amide bonds. The molecule has 0 fully saturated rings. The molecule has 3 N–H and O–H groups in total. The zero-order valence-electron chi connectivity index (χ0n) is 10.7. The van der Waals surface area contributed by atoms with Gasteiger partial charge in [-0.15, -0.1) is 0 Å². The highest BCUT2D eigenvalue weighted by atomic mass is 19.1. The monoisotopic (exact) mass is 254 g/mol. The minimum Gasteiger partial charge on any atom is -0.493 e. The number of amidine groups is 1. The predicted molar refractivity (Wildman–Crippen MR) is 68.5 cm³/mol. The van der Waals surface area contributed by atoms with Gasteiger partial charge in [-0.2, -0.15) is 0 Å². The molecule has 0 heterocycles. The topological polar surface area (TPSA) is 67.8 Å². The van der Waals surface area contributed by atoms with Crippen LogP contribution in [0, 0.1) is 11.7 Å². The maximum Gasteiger partial charge on any atom is 0.176 e. The summed E-state index contributed by atoms with van der Waals surface area (Å²) in [6.45, 7) is 4.74. The summed E-state index contributed by atoms with van der Waals surface area (Å²) in [4.78, 5) is 0. The number of hydrogen-bond donors (Lipinski definition) is 2. The van der Waals surface area contributed by atoms with Gasteiger partial charge >= 0.3 is 0 Å². The summed E-state index contributed by atoms with van der Waals surface area (Å²) in [5.41, 5.74) is 5.43. The van der Waals surface area contributed by atoms with Crippen LogP contribution in [0.25, 0.3) is 0 Å². The predicted octanol–water partition coefficient (Wildman–Crippen LogP) is 2.74. The van der Waals surface area contributed by atoms with E-state index in [2.05, 4.69) is 19.0 Å². The summed E-state index contributed by atoms with van der Waals surface area (Å²) in [7, 11) is 0. The van der Waals surface area contributed by atoms with Gasteiger partial charge in [0.15, 0.2) is 5.84 Å². The first-order valence-corrected chi connectivity index (χ1v) is 5.95. The van der Waals surface area contributed by atoms with Gasteiger partial charge in [-0.25, -0.2) is 4.39 Å². The number of benzene rings is 1. The van der Waals surface area contributed by atoms with E-state index in [0.29, 0.717) is 18.3 Å². The molecule has 0 atom stereocenters. The number of oxime groups is 1. The Balaban J connectivity index is 2.73. The van der Waals surface area contributed by atoms with E-state index in [1.165, 1.54) is 12.1 Å². The number of nitrogens with two attached hydrogens (primary N) is 1. The minimum absolute atomic E-state index is 0.00421. The van der Waals surface area contributed by atoms with E-state index in [-0.39, 0.29) is 11.4 Å². The van der Waals surface area contributed by atoms with Crippen LogP contribution < -0.4 is 10.5 Å². The minimum atomic E-state index is -0.563. The number of hydrogen-bond acceptors (Lipinski definition) is 3. The molecule has 0 unspecified atom stereocenters. The summed E-state index contributed by atoms with van der Waals surface area (Å²) in [6, 6.07) is 4.38. The van der Waals surface area contributed by atoms with Gasteiger partial charge in [-0.1, -0.05) is 25.1 Å². The van der Waals surface area contributed by atoms with Crippen LogP contribution in [0.4, 0.5) is 4.39 Å². The Morgan fingerprint density at radius 3 is 2.83 bits per heavy atom. The van der Waals surface area contributed by atoms with Crippen LogP contribution in [-0.4, -0.2) is 17.6 Å². The molecule has 0 spiro atoms. The molecule has 0 aliphatic rings. The van der Waals surface area contributed by atoms with Crippen molar-refractivity contribution in [2.24, 2.45) is 16.8 Å². The maximum absolute atomic E-state index is 13.6. The van der Waals surface area contributed by atoms with Crippen LogP contribution in [0.5, 0.6) is 5.75 Å². The fourth-order valence-electron chi connectivity index (χ4n) is 1.60. The lowest BCUT2D eigenvalue weighted by Gasteiger charge is -2.11. The first-order chi connectivity index (χ1) is 8.56. The van der Waals surface area contributed by atoms with Crippen LogP contribution in [0.1, 0.15) is 32.3 Å². The average Bonchev–Trinajstić information content (AvgIpc) is 2.33. The molecule has 1 aromatic rings. The fourth-order valence-corrected chi connectivity index (χ4v) is 1.60. The lowest BCUT2D eigenvalue weighted by Crippen LogP contribution is -2.17. The highest BCUT2D eigenvalue weighted by molar-refractivity contribution is 5.99. The SMILES string of the molecule is CC(C)CCCOc1cccc(F)c1C(N)=NO. The molecule has 5 heteroatoms. The van der Waals surface area contributed by atoms with Gasteiger partial charge in [-0.05, 0) is 30.9 Å². The van der Waals surface area contributed by atoms with Crippen molar-refractivity contribution in [1.29, 1.82) is 0 Å². The molecule has 4 nitrogen and oxygen atoms in total. The summed E-state index contributed by atoms with van der Waals surface area (Å²) in [5, 5.41) is 11.4. The third-order valence-electron chi connectivity index (χ3n) is 2.52. The smallest absolute Gasteiger partial charge is 0.176 e. The van der Waals surface area contributed by atoms with Crippen molar-refractivity contribution >= 4 is 5.84 Å². The average molecular weight is 254 g/mol. The van der Waals surface area contributed by atoms with Crippen molar-refractivity contribution in [2.45, 2.75) is 26.7 Å². The maximum atomic E-state index is 13.6. The van der Waals surface area contributed by atoms with E-state index in [1.807, 2.05) is 0 Å². The third-order valence-corrected chi connectivity index (χ3v) is 2.52. The standard InChI is InChI=1S/C13H19FN2O2/c1-9(2)5-4-8-18-11-7-3-6-10(14)12(11)13(15)16-17/h3,6-7,9,17H,4-5,8H2,1-2H3,(H2,15,16). The van der Waals surface area contributed by atoms with Crippen LogP contribution in [0.2, 0.25) is 0 Å². The molecule has 0 aliphatic carbocycles. The number of halogens is 1. The first-order valence-electron chi connectivity index (χ1n) is 5.95. The molecule has 100 valence electrons. The molecule has 0 saturated carbocycles. The molecule has 18 heavy (non-hydrogen) atoms. The van der Waals surface area contributed by atoms with E-state index < -0.39 is 5.82 Å². The number of nitrogens with zero attached hydrogens (tertiary/aromatic N) is 1. The lowest BCUT2D eigenvalue weighted by molar-refractivity contribution is 0.294. The Labute approximate surface area is 106 Å². The third kappa shape index (κ3) is 3.91. The fraction of sp³-hybridized carbons (Fsp3) is 0.462. The van der Waals surface area contributed by atoms with E-state index in [1.54, 1.807) is 6.07 Å². The molecule has 1 aromatic carbocycles. The van der Waals surface area contributed by atoms with E-state index in [9.17, 15) is 4.39 Å². The van der Waals surface area contributed by atoms with Gasteiger partial charge in [0, 0.05) is 0 Å². The van der Waals surface area contributed by atoms with Gasteiger partial charge in [-0.3, -0.25) is 0 Å². The number of ether oxygens (including phenoxy) is 1. The Morgan fingerprint density at radius 1 is 1.50 bits per heavy atom. The molecule has 0 saturated heterocycles. The Bertz CT molecular complexity index is 419. The highest BCUT2D eigenvalue weighted by Crippen LogP contribution is 2.21. The molecule has 0 bridgehead atoms. The van der Waals surface area contributed by atoms with Crippen LogP contribution in [0.3, 0.4) is 0 Å². The summed E-state index contributed by atoms with van der Waals surface area (Å²) in [5.74, 6) is 0.0531. The van der Waals surface area contributed by atoms with Crippen molar-refractivity contribution in [3.05, 3.63) is 29.6 Å². The van der Waals surface area contributed by atoms with Crippen molar-refractivity contribution in [1.82, 2.24) is 0 Å². The lowest BCUT2D eigenvalue weighted by atomic mass is 10.1. The van der Waals surface area contributed by atoms with Crippen LogP contribution >= 0.6 is 0 Å². The largest absolute Gasteiger partial charge is 0.493 e. The zero-order valence-corrected chi connectivity index (χ0v) is 10.7. The molecular formula is C13H19FN2O2. The molecule has 1 rings (SSSR count). The Hall–Kier alpha value is -1.78. The van der Waals surface area contributed by atoms with Crippen molar-refractivity contribution in [2.75, 3.05) is 6.61 Å². The van der Waals surface area contributed by atoms with Gasteiger partial charge in [0.1, 0.15) is 11.6 Å². The highest BCUT2D eigenvalue weighted by Gasteiger charge is 2.13. The van der Waals surface area contributed by atoms with E-state index in [0.717, 1.165) is 12.8 Å². The van der Waals surface area contributed by atoms with Crippen LogP contribution in [-0.2, 0) is 0 Å². The number of rotatable bonds is 6. The second-order valence-electron chi connectivity index (χ2n) is 4.48. The Kier molecular flexibility index (Phi) is 5.42. The second-order valence-corrected chi connectivity index (χ2v) is 4.48.